The summed E-state index contributed by atoms with van der Waals surface area (Å²) in [6.45, 7) is 3.81. The monoisotopic (exact) mass is 423 g/mol. The van der Waals surface area contributed by atoms with Crippen molar-refractivity contribution >= 4 is 39.4 Å². The van der Waals surface area contributed by atoms with Gasteiger partial charge in [0.05, 0.1) is 31.4 Å². The van der Waals surface area contributed by atoms with Crippen LogP contribution in [-0.4, -0.2) is 34.4 Å². The van der Waals surface area contributed by atoms with Crippen molar-refractivity contribution in [3.05, 3.63) is 72.9 Å². The van der Waals surface area contributed by atoms with Gasteiger partial charge < -0.3 is 14.8 Å². The Balaban J connectivity index is 1.68. The summed E-state index contributed by atoms with van der Waals surface area (Å²) >= 11 is 0. The van der Waals surface area contributed by atoms with Gasteiger partial charge in [0.15, 0.2) is 17.3 Å². The van der Waals surface area contributed by atoms with E-state index in [1.807, 2.05) is 54.6 Å². The third kappa shape index (κ3) is 3.50. The number of aromatic nitrogens is 4. The third-order valence-electron chi connectivity index (χ3n) is 5.31. The lowest BCUT2D eigenvalue weighted by Gasteiger charge is -2.14. The normalized spacial score (nSPS) is 10.9. The Morgan fingerprint density at radius 3 is 2.47 bits per heavy atom. The van der Waals surface area contributed by atoms with Gasteiger partial charge in [-0.15, -0.1) is 0 Å². The van der Waals surface area contributed by atoms with Crippen LogP contribution >= 0.6 is 0 Å². The van der Waals surface area contributed by atoms with E-state index in [9.17, 15) is 0 Å². The van der Waals surface area contributed by atoms with E-state index in [0.717, 1.165) is 38.6 Å². The quantitative estimate of drug-likeness (QED) is 0.371. The number of nitrogens with zero attached hydrogens (tertiary/aromatic N) is 3. The molecule has 2 heterocycles. The largest absolute Gasteiger partial charge is 0.493 e. The van der Waals surface area contributed by atoms with Crippen molar-refractivity contribution in [2.75, 3.05) is 19.5 Å². The lowest BCUT2D eigenvalue weighted by atomic mass is 10.1. The van der Waals surface area contributed by atoms with Crippen molar-refractivity contribution < 1.29 is 9.47 Å². The molecule has 0 saturated carbocycles. The molecule has 5 rings (SSSR count). The molecule has 7 nitrogen and oxygen atoms in total. The topological polar surface area (TPSA) is 85.0 Å². The van der Waals surface area contributed by atoms with Crippen molar-refractivity contribution in [2.24, 2.45) is 0 Å². The Kier molecular flexibility index (Phi) is 4.91. The highest BCUT2D eigenvalue weighted by molar-refractivity contribution is 5.95. The fourth-order valence-electron chi connectivity index (χ4n) is 3.61. The van der Waals surface area contributed by atoms with E-state index in [0.29, 0.717) is 23.1 Å². The Morgan fingerprint density at radius 2 is 1.72 bits per heavy atom. The molecule has 0 fully saturated rings. The maximum Gasteiger partial charge on any atom is 0.162 e. The maximum atomic E-state index is 5.51. The maximum absolute atomic E-state index is 5.51. The van der Waals surface area contributed by atoms with Crippen LogP contribution in [0.1, 0.15) is 5.56 Å². The molecule has 2 aromatic heterocycles. The van der Waals surface area contributed by atoms with Gasteiger partial charge in [-0.25, -0.2) is 9.97 Å². The number of ether oxygens (including phenoxy) is 2. The van der Waals surface area contributed by atoms with Crippen LogP contribution in [0.5, 0.6) is 11.5 Å². The second-order valence-corrected chi connectivity index (χ2v) is 7.24. The number of hydrogen-bond acceptors (Lipinski definition) is 6. The molecular formula is C25H21N5O2. The summed E-state index contributed by atoms with van der Waals surface area (Å²) in [4.78, 5) is 9.65. The van der Waals surface area contributed by atoms with Crippen molar-refractivity contribution in [1.29, 1.82) is 0 Å². The number of fused-ring (bicyclic) bond motifs is 2. The highest BCUT2D eigenvalue weighted by Crippen LogP contribution is 2.36. The Labute approximate surface area is 184 Å². The summed E-state index contributed by atoms with van der Waals surface area (Å²) in [5, 5.41) is 12.3. The Hall–Kier alpha value is -4.39. The average molecular weight is 423 g/mol. The molecular weight excluding hydrogens is 402 g/mol. The van der Waals surface area contributed by atoms with Crippen molar-refractivity contribution in [3.63, 3.8) is 0 Å². The lowest BCUT2D eigenvalue weighted by molar-refractivity contribution is 0.356. The molecule has 0 radical (unpaired) electrons. The van der Waals surface area contributed by atoms with Crippen LogP contribution in [0, 0.1) is 0 Å². The standard InChI is InChI=1S/C25H21N5O2/c1-4-15-5-7-16(8-6-15)24-28-21-13-23(32-3)22(31-2)12-19(21)25(29-24)27-18-9-10-20-17(11-18)14-26-30-20/h4-14H,1H2,2-3H3,(H,26,30)(H,27,28,29). The van der Waals surface area contributed by atoms with Crippen LogP contribution in [0.25, 0.3) is 39.3 Å². The number of aromatic amines is 1. The zero-order chi connectivity index (χ0) is 22.1. The molecule has 0 aliphatic carbocycles. The first kappa shape index (κ1) is 19.6. The number of rotatable bonds is 6. The van der Waals surface area contributed by atoms with E-state index in [-0.39, 0.29) is 0 Å². The molecule has 0 spiro atoms. The fraction of sp³-hybridized carbons (Fsp3) is 0.0800. The lowest BCUT2D eigenvalue weighted by Crippen LogP contribution is -2.01. The minimum absolute atomic E-state index is 0.604. The van der Waals surface area contributed by atoms with Gasteiger partial charge in [-0.2, -0.15) is 5.10 Å². The highest BCUT2D eigenvalue weighted by Gasteiger charge is 2.15. The van der Waals surface area contributed by atoms with E-state index >= 15 is 0 Å². The first-order valence-electron chi connectivity index (χ1n) is 10.1. The van der Waals surface area contributed by atoms with Crippen molar-refractivity contribution in [2.45, 2.75) is 0 Å². The van der Waals surface area contributed by atoms with Crippen molar-refractivity contribution in [1.82, 2.24) is 20.2 Å². The van der Waals surface area contributed by atoms with Crippen LogP contribution in [0.15, 0.2) is 67.4 Å². The van der Waals surface area contributed by atoms with Crippen LogP contribution in [0.4, 0.5) is 11.5 Å². The minimum atomic E-state index is 0.604. The molecule has 0 aliphatic heterocycles. The Morgan fingerprint density at radius 1 is 0.938 bits per heavy atom. The molecule has 3 aromatic carbocycles. The Bertz CT molecular complexity index is 1440. The summed E-state index contributed by atoms with van der Waals surface area (Å²) < 4.78 is 11.0. The molecule has 32 heavy (non-hydrogen) atoms. The van der Waals surface area contributed by atoms with Gasteiger partial charge in [0.25, 0.3) is 0 Å². The van der Waals surface area contributed by atoms with E-state index < -0.39 is 0 Å². The highest BCUT2D eigenvalue weighted by atomic mass is 16.5. The summed E-state index contributed by atoms with van der Waals surface area (Å²) in [6.07, 6.45) is 3.60. The molecule has 0 amide bonds. The predicted octanol–water partition coefficient (Wildman–Crippen LogP) is 5.58. The van der Waals surface area contributed by atoms with Crippen LogP contribution in [0.3, 0.4) is 0 Å². The first-order chi connectivity index (χ1) is 15.7. The molecule has 2 N–H and O–H groups in total. The number of benzene rings is 3. The van der Waals surface area contributed by atoms with Crippen molar-refractivity contribution in [3.8, 4) is 22.9 Å². The zero-order valence-corrected chi connectivity index (χ0v) is 17.7. The molecule has 5 aromatic rings. The summed E-state index contributed by atoms with van der Waals surface area (Å²) in [7, 11) is 3.22. The van der Waals surface area contributed by atoms with Crippen LogP contribution in [0.2, 0.25) is 0 Å². The summed E-state index contributed by atoms with van der Waals surface area (Å²) in [6, 6.07) is 17.7. The number of nitrogens with one attached hydrogen (secondary N) is 2. The molecule has 0 bridgehead atoms. The summed E-state index contributed by atoms with van der Waals surface area (Å²) in [5.74, 6) is 2.49. The smallest absolute Gasteiger partial charge is 0.162 e. The van der Waals surface area contributed by atoms with E-state index in [2.05, 4.69) is 22.1 Å². The molecule has 158 valence electrons. The van der Waals surface area contributed by atoms with Gasteiger partial charge >= 0.3 is 0 Å². The summed E-state index contributed by atoms with van der Waals surface area (Å²) in [5.41, 5.74) is 4.54. The number of methoxy groups -OCH3 is 2. The number of H-pyrrole nitrogens is 1. The van der Waals surface area contributed by atoms with E-state index in [4.69, 9.17) is 19.4 Å². The van der Waals surface area contributed by atoms with Gasteiger partial charge in [0.1, 0.15) is 5.82 Å². The third-order valence-corrected chi connectivity index (χ3v) is 5.31. The fourth-order valence-corrected chi connectivity index (χ4v) is 3.61. The molecule has 7 heteroatoms. The second kappa shape index (κ2) is 8.03. The van der Waals surface area contributed by atoms with Crippen LogP contribution in [-0.2, 0) is 0 Å². The number of hydrogen-bond donors (Lipinski definition) is 2. The van der Waals surface area contributed by atoms with Gasteiger partial charge in [0.2, 0.25) is 0 Å². The first-order valence-corrected chi connectivity index (χ1v) is 10.1. The van der Waals surface area contributed by atoms with E-state index in [1.54, 1.807) is 26.5 Å². The molecule has 0 atom stereocenters. The van der Waals surface area contributed by atoms with E-state index in [1.165, 1.54) is 0 Å². The average Bonchev–Trinajstić information content (AvgIpc) is 3.31. The second-order valence-electron chi connectivity index (χ2n) is 7.24. The zero-order valence-electron chi connectivity index (χ0n) is 17.7. The van der Waals surface area contributed by atoms with Gasteiger partial charge in [0, 0.05) is 28.1 Å². The minimum Gasteiger partial charge on any atom is -0.493 e. The predicted molar refractivity (Wildman–Crippen MR) is 128 cm³/mol. The molecule has 0 aliphatic rings. The van der Waals surface area contributed by atoms with Gasteiger partial charge in [-0.3, -0.25) is 5.10 Å². The van der Waals surface area contributed by atoms with Crippen LogP contribution < -0.4 is 14.8 Å². The van der Waals surface area contributed by atoms with Gasteiger partial charge in [-0.05, 0) is 29.8 Å². The number of anilines is 2. The SMILES string of the molecule is C=Cc1ccc(-c2nc(Nc3ccc4[nH]ncc4c3)c3cc(OC)c(OC)cc3n2)cc1. The molecule has 0 saturated heterocycles. The van der Waals surface area contributed by atoms with Gasteiger partial charge in [-0.1, -0.05) is 36.9 Å². The molecule has 0 unspecified atom stereocenters.